The van der Waals surface area contributed by atoms with Crippen LogP contribution in [0.1, 0.15) is 0 Å². The van der Waals surface area contributed by atoms with Gasteiger partial charge in [-0.1, -0.05) is 33.6 Å². The molecule has 1 aliphatic rings. The van der Waals surface area contributed by atoms with E-state index in [0.717, 1.165) is 25.0 Å². The molecule has 1 fully saturated rings. The number of alkyl halides is 1. The highest BCUT2D eigenvalue weighted by Gasteiger charge is 2.28. The second kappa shape index (κ2) is 6.54. The van der Waals surface area contributed by atoms with Crippen LogP contribution in [-0.4, -0.2) is 55.7 Å². The Morgan fingerprint density at radius 3 is 2.47 bits per heavy atom. The van der Waals surface area contributed by atoms with Crippen molar-refractivity contribution in [1.29, 1.82) is 0 Å². The number of piperazine rings is 1. The predicted molar refractivity (Wildman–Crippen MR) is 80.4 cm³/mol. The minimum Gasteiger partial charge on any atom is -0.300 e. The highest BCUT2D eigenvalue weighted by Crippen LogP contribution is 2.20. The van der Waals surface area contributed by atoms with Gasteiger partial charge in [-0.15, -0.1) is 0 Å². The molecule has 1 saturated heterocycles. The number of nitrogens with zero attached hydrogens (tertiary/aromatic N) is 2. The Kier molecular flexibility index (Phi) is 5.25. The molecule has 1 aliphatic heterocycles. The van der Waals surface area contributed by atoms with E-state index in [2.05, 4.69) is 20.8 Å². The van der Waals surface area contributed by atoms with E-state index in [1.807, 2.05) is 0 Å². The largest absolute Gasteiger partial charge is 0.300 e. The second-order valence-electron chi connectivity index (χ2n) is 4.39. The van der Waals surface area contributed by atoms with Crippen molar-refractivity contribution in [2.45, 2.75) is 4.90 Å². The molecule has 0 aromatic heterocycles. The number of rotatable bonds is 4. The Morgan fingerprint density at radius 1 is 1.21 bits per heavy atom. The summed E-state index contributed by atoms with van der Waals surface area (Å²) in [5.74, 6) is 0. The van der Waals surface area contributed by atoms with E-state index in [0.29, 0.717) is 18.1 Å². The number of halogens is 2. The monoisotopic (exact) mass is 366 g/mol. The molecule has 0 bridgehead atoms. The summed E-state index contributed by atoms with van der Waals surface area (Å²) in [6.45, 7) is 3.55. The normalized spacial score (nSPS) is 18.6. The molecule has 0 aliphatic carbocycles. The molecule has 19 heavy (non-hydrogen) atoms. The molecule has 0 unspecified atom stereocenters. The summed E-state index contributed by atoms with van der Waals surface area (Å²) in [5.41, 5.74) is 0. The first-order valence-electron chi connectivity index (χ1n) is 6.08. The summed E-state index contributed by atoms with van der Waals surface area (Å²) >= 11 is 9.25. The molecule has 1 heterocycles. The Hall–Kier alpha value is -0.140. The Morgan fingerprint density at radius 2 is 1.89 bits per heavy atom. The molecule has 0 spiro atoms. The van der Waals surface area contributed by atoms with E-state index in [9.17, 15) is 8.42 Å². The number of benzene rings is 1. The quantitative estimate of drug-likeness (QED) is 0.765. The van der Waals surface area contributed by atoms with Crippen LogP contribution in [0.2, 0.25) is 5.02 Å². The molecule has 0 saturated carbocycles. The SMILES string of the molecule is O=S(=O)(c1cccc(Cl)c1)N1CCN(CCBr)CC1. The van der Waals surface area contributed by atoms with E-state index in [-0.39, 0.29) is 4.90 Å². The maximum absolute atomic E-state index is 12.4. The van der Waals surface area contributed by atoms with E-state index < -0.39 is 10.0 Å². The van der Waals surface area contributed by atoms with Gasteiger partial charge in [-0.05, 0) is 18.2 Å². The molecule has 106 valence electrons. The number of hydrogen-bond donors (Lipinski definition) is 0. The van der Waals surface area contributed by atoms with Gasteiger partial charge in [0.05, 0.1) is 4.90 Å². The summed E-state index contributed by atoms with van der Waals surface area (Å²) in [6, 6.07) is 6.43. The van der Waals surface area contributed by atoms with Crippen LogP contribution in [-0.2, 0) is 10.0 Å². The van der Waals surface area contributed by atoms with Gasteiger partial charge in [-0.2, -0.15) is 4.31 Å². The first kappa shape index (κ1) is 15.3. The van der Waals surface area contributed by atoms with Gasteiger partial charge in [0.2, 0.25) is 10.0 Å². The topological polar surface area (TPSA) is 40.6 Å². The van der Waals surface area contributed by atoms with Crippen molar-refractivity contribution in [1.82, 2.24) is 9.21 Å². The van der Waals surface area contributed by atoms with Crippen LogP contribution in [0.3, 0.4) is 0 Å². The highest BCUT2D eigenvalue weighted by atomic mass is 79.9. The van der Waals surface area contributed by atoms with Crippen LogP contribution in [0.4, 0.5) is 0 Å². The van der Waals surface area contributed by atoms with E-state index in [4.69, 9.17) is 11.6 Å². The third-order valence-corrected chi connectivity index (χ3v) is 5.65. The van der Waals surface area contributed by atoms with Gasteiger partial charge in [0.25, 0.3) is 0 Å². The lowest BCUT2D eigenvalue weighted by Gasteiger charge is -2.33. The molecule has 0 radical (unpaired) electrons. The molecule has 1 aromatic carbocycles. The third kappa shape index (κ3) is 3.70. The standard InChI is InChI=1S/C12H16BrClN2O2S/c13-4-5-15-6-8-16(9-7-15)19(17,18)12-3-1-2-11(14)10-12/h1-3,10H,4-9H2. The van der Waals surface area contributed by atoms with E-state index in [1.165, 1.54) is 10.4 Å². The van der Waals surface area contributed by atoms with Crippen molar-refractivity contribution in [3.05, 3.63) is 29.3 Å². The van der Waals surface area contributed by atoms with Gasteiger partial charge in [0.15, 0.2) is 0 Å². The molecule has 0 atom stereocenters. The summed E-state index contributed by atoms with van der Waals surface area (Å²) < 4.78 is 26.4. The predicted octanol–water partition coefficient (Wildman–Crippen LogP) is 2.04. The molecule has 1 aromatic rings. The van der Waals surface area contributed by atoms with Crippen LogP contribution in [0.25, 0.3) is 0 Å². The fourth-order valence-corrected chi connectivity index (χ4v) is 4.31. The molecule has 0 N–H and O–H groups in total. The first-order valence-corrected chi connectivity index (χ1v) is 9.02. The zero-order valence-corrected chi connectivity index (χ0v) is 13.6. The third-order valence-electron chi connectivity index (χ3n) is 3.17. The number of sulfonamides is 1. The molecule has 0 amide bonds. The average Bonchev–Trinajstić information content (AvgIpc) is 2.40. The summed E-state index contributed by atoms with van der Waals surface area (Å²) in [7, 11) is -3.41. The van der Waals surface area contributed by atoms with Crippen LogP contribution in [0, 0.1) is 0 Å². The van der Waals surface area contributed by atoms with Gasteiger partial charge in [0, 0.05) is 43.1 Å². The van der Waals surface area contributed by atoms with Crippen LogP contribution >= 0.6 is 27.5 Å². The molecule has 4 nitrogen and oxygen atoms in total. The maximum Gasteiger partial charge on any atom is 0.243 e. The van der Waals surface area contributed by atoms with Gasteiger partial charge in [-0.25, -0.2) is 8.42 Å². The highest BCUT2D eigenvalue weighted by molar-refractivity contribution is 9.09. The van der Waals surface area contributed by atoms with Crippen molar-refractivity contribution < 1.29 is 8.42 Å². The minimum atomic E-state index is -3.41. The lowest BCUT2D eigenvalue weighted by Crippen LogP contribution is -2.48. The Bertz CT molecular complexity index is 530. The fourth-order valence-electron chi connectivity index (χ4n) is 2.09. The smallest absolute Gasteiger partial charge is 0.243 e. The zero-order valence-electron chi connectivity index (χ0n) is 10.4. The van der Waals surface area contributed by atoms with Gasteiger partial charge in [-0.3, -0.25) is 4.90 Å². The molecule has 7 heteroatoms. The van der Waals surface area contributed by atoms with Crippen molar-refractivity contribution >= 4 is 37.6 Å². The minimum absolute atomic E-state index is 0.272. The van der Waals surface area contributed by atoms with Crippen molar-refractivity contribution in [2.75, 3.05) is 38.1 Å². The lowest BCUT2D eigenvalue weighted by molar-refractivity contribution is 0.198. The van der Waals surface area contributed by atoms with E-state index in [1.54, 1.807) is 18.2 Å². The Balaban J connectivity index is 2.10. The number of hydrogen-bond acceptors (Lipinski definition) is 3. The van der Waals surface area contributed by atoms with E-state index >= 15 is 0 Å². The van der Waals surface area contributed by atoms with Gasteiger partial charge in [0.1, 0.15) is 0 Å². The van der Waals surface area contributed by atoms with Gasteiger partial charge >= 0.3 is 0 Å². The van der Waals surface area contributed by atoms with Crippen LogP contribution < -0.4 is 0 Å². The fraction of sp³-hybridized carbons (Fsp3) is 0.500. The molecule has 2 rings (SSSR count). The lowest BCUT2D eigenvalue weighted by atomic mass is 10.4. The van der Waals surface area contributed by atoms with Crippen molar-refractivity contribution in [3.8, 4) is 0 Å². The van der Waals surface area contributed by atoms with Crippen LogP contribution in [0.5, 0.6) is 0 Å². The summed E-state index contributed by atoms with van der Waals surface area (Å²) in [5, 5.41) is 1.35. The van der Waals surface area contributed by atoms with Crippen LogP contribution in [0.15, 0.2) is 29.2 Å². The summed E-state index contributed by atoms with van der Waals surface area (Å²) in [6.07, 6.45) is 0. The summed E-state index contributed by atoms with van der Waals surface area (Å²) in [4.78, 5) is 2.52. The Labute approximate surface area is 127 Å². The molecular formula is C12H16BrClN2O2S. The van der Waals surface area contributed by atoms with Crippen molar-refractivity contribution in [3.63, 3.8) is 0 Å². The zero-order chi connectivity index (χ0) is 13.9. The second-order valence-corrected chi connectivity index (χ2v) is 7.56. The van der Waals surface area contributed by atoms with Crippen molar-refractivity contribution in [2.24, 2.45) is 0 Å². The average molecular weight is 368 g/mol. The first-order chi connectivity index (χ1) is 9.04. The maximum atomic E-state index is 12.4. The molecular weight excluding hydrogens is 352 g/mol. The van der Waals surface area contributed by atoms with Gasteiger partial charge < -0.3 is 0 Å².